The van der Waals surface area contributed by atoms with Crippen LogP contribution >= 0.6 is 0 Å². The van der Waals surface area contributed by atoms with Crippen molar-refractivity contribution in [3.05, 3.63) is 36.3 Å². The second-order valence-electron chi connectivity index (χ2n) is 7.60. The minimum Gasteiger partial charge on any atom is -0.394 e. The fourth-order valence-corrected chi connectivity index (χ4v) is 3.42. The predicted octanol–water partition coefficient (Wildman–Crippen LogP) is 2.09. The molecule has 0 bridgehead atoms. The summed E-state index contributed by atoms with van der Waals surface area (Å²) in [5.74, 6) is -0.288. The van der Waals surface area contributed by atoms with Gasteiger partial charge >= 0.3 is 6.03 Å². The van der Waals surface area contributed by atoms with Gasteiger partial charge < -0.3 is 20.5 Å². The summed E-state index contributed by atoms with van der Waals surface area (Å²) in [7, 11) is 0. The minimum atomic E-state index is -0.433. The summed E-state index contributed by atoms with van der Waals surface area (Å²) >= 11 is 0. The van der Waals surface area contributed by atoms with E-state index in [-0.39, 0.29) is 36.6 Å². The minimum absolute atomic E-state index is 0.0307. The van der Waals surface area contributed by atoms with Crippen molar-refractivity contribution in [3.63, 3.8) is 0 Å². The largest absolute Gasteiger partial charge is 0.394 e. The standard InChI is InChI=1S/C20H28FN5O3/c1-13(2)22-20(28)23-17-8-7-16(29-19(17)12-27)9-10-26-11-18(24-25-26)14-3-5-15(21)6-4-14/h3-6,11,13,16-17,19,27H,7-10,12H2,1-2H3,(H2,22,23,28)/t16-,17+,19-/m0/s1. The molecule has 0 saturated carbocycles. The molecule has 3 N–H and O–H groups in total. The SMILES string of the molecule is CC(C)NC(=O)N[C@@H]1CC[C@@H](CCn2cc(-c3ccc(F)cc3)nn2)O[C@H]1CO. The molecule has 2 heterocycles. The van der Waals surface area contributed by atoms with Crippen molar-refractivity contribution in [2.45, 2.75) is 63.9 Å². The van der Waals surface area contributed by atoms with Crippen LogP contribution in [-0.4, -0.2) is 57.0 Å². The van der Waals surface area contributed by atoms with E-state index in [9.17, 15) is 14.3 Å². The Kier molecular flexibility index (Phi) is 7.16. The Bertz CT molecular complexity index is 796. The Balaban J connectivity index is 1.49. The van der Waals surface area contributed by atoms with E-state index < -0.39 is 6.10 Å². The van der Waals surface area contributed by atoms with Gasteiger partial charge in [0.05, 0.1) is 24.9 Å². The van der Waals surface area contributed by atoms with Crippen LogP contribution in [-0.2, 0) is 11.3 Å². The van der Waals surface area contributed by atoms with Crippen LogP contribution in [0.2, 0.25) is 0 Å². The number of amides is 2. The molecule has 1 saturated heterocycles. The molecule has 1 aliphatic rings. The number of aliphatic hydroxyl groups excluding tert-OH is 1. The first-order valence-corrected chi connectivity index (χ1v) is 9.94. The number of aromatic nitrogens is 3. The second-order valence-corrected chi connectivity index (χ2v) is 7.60. The molecule has 1 aromatic carbocycles. The summed E-state index contributed by atoms with van der Waals surface area (Å²) < 4.78 is 20.8. The summed E-state index contributed by atoms with van der Waals surface area (Å²) in [6, 6.07) is 5.70. The maximum absolute atomic E-state index is 13.0. The summed E-state index contributed by atoms with van der Waals surface area (Å²) in [6.07, 6.45) is 3.59. The highest BCUT2D eigenvalue weighted by Crippen LogP contribution is 2.23. The normalized spacial score (nSPS) is 21.9. The van der Waals surface area contributed by atoms with Crippen molar-refractivity contribution >= 4 is 6.03 Å². The number of carbonyl (C=O) groups is 1. The Hall–Kier alpha value is -2.52. The number of hydrogen-bond donors (Lipinski definition) is 3. The van der Waals surface area contributed by atoms with Gasteiger partial charge in [0.15, 0.2) is 0 Å². The second kappa shape index (κ2) is 9.80. The first-order valence-electron chi connectivity index (χ1n) is 9.94. The van der Waals surface area contributed by atoms with E-state index in [0.29, 0.717) is 18.7 Å². The number of ether oxygens (including phenoxy) is 1. The van der Waals surface area contributed by atoms with Gasteiger partial charge in [0.1, 0.15) is 17.6 Å². The number of benzene rings is 1. The molecule has 3 atom stereocenters. The van der Waals surface area contributed by atoms with Gasteiger partial charge in [0.2, 0.25) is 0 Å². The van der Waals surface area contributed by atoms with Crippen molar-refractivity contribution in [2.24, 2.45) is 0 Å². The molecule has 0 spiro atoms. The van der Waals surface area contributed by atoms with Crippen LogP contribution in [0.3, 0.4) is 0 Å². The lowest BCUT2D eigenvalue weighted by Crippen LogP contribution is -2.54. The van der Waals surface area contributed by atoms with E-state index in [1.165, 1.54) is 12.1 Å². The fraction of sp³-hybridized carbons (Fsp3) is 0.550. The molecular weight excluding hydrogens is 377 g/mol. The average Bonchev–Trinajstić information content (AvgIpc) is 3.16. The van der Waals surface area contributed by atoms with E-state index in [0.717, 1.165) is 18.4 Å². The number of aryl methyl sites for hydroxylation is 1. The van der Waals surface area contributed by atoms with Crippen LogP contribution in [0.1, 0.15) is 33.1 Å². The van der Waals surface area contributed by atoms with E-state index >= 15 is 0 Å². The molecule has 1 aliphatic heterocycles. The number of aliphatic hydroxyl groups is 1. The number of urea groups is 1. The molecule has 0 aliphatic carbocycles. The summed E-state index contributed by atoms with van der Waals surface area (Å²) in [5, 5.41) is 23.6. The number of carbonyl (C=O) groups excluding carboxylic acids is 1. The van der Waals surface area contributed by atoms with Gasteiger partial charge in [-0.15, -0.1) is 5.10 Å². The molecule has 29 heavy (non-hydrogen) atoms. The van der Waals surface area contributed by atoms with Crippen LogP contribution in [0, 0.1) is 5.82 Å². The average molecular weight is 405 g/mol. The van der Waals surface area contributed by atoms with E-state index in [1.54, 1.807) is 16.8 Å². The molecule has 9 heteroatoms. The van der Waals surface area contributed by atoms with Crippen LogP contribution in [0.5, 0.6) is 0 Å². The van der Waals surface area contributed by atoms with Crippen molar-refractivity contribution in [2.75, 3.05) is 6.61 Å². The lowest BCUT2D eigenvalue weighted by molar-refractivity contribution is -0.0908. The Labute approximate surface area is 169 Å². The first-order chi connectivity index (χ1) is 13.9. The third kappa shape index (κ3) is 5.98. The maximum Gasteiger partial charge on any atom is 0.315 e. The Morgan fingerprint density at radius 2 is 2.10 bits per heavy atom. The number of nitrogens with one attached hydrogen (secondary N) is 2. The molecule has 158 valence electrons. The van der Waals surface area contributed by atoms with Crippen LogP contribution in [0.4, 0.5) is 9.18 Å². The van der Waals surface area contributed by atoms with Crippen LogP contribution in [0.15, 0.2) is 30.5 Å². The zero-order chi connectivity index (χ0) is 20.8. The molecular formula is C20H28FN5O3. The lowest BCUT2D eigenvalue weighted by Gasteiger charge is -2.36. The van der Waals surface area contributed by atoms with E-state index in [1.807, 2.05) is 20.0 Å². The zero-order valence-electron chi connectivity index (χ0n) is 16.7. The van der Waals surface area contributed by atoms with Gasteiger partial charge in [-0.3, -0.25) is 4.68 Å². The van der Waals surface area contributed by atoms with Crippen molar-refractivity contribution in [3.8, 4) is 11.3 Å². The highest BCUT2D eigenvalue weighted by atomic mass is 19.1. The molecule has 2 aromatic rings. The summed E-state index contributed by atoms with van der Waals surface area (Å²) in [6.45, 7) is 4.24. The van der Waals surface area contributed by atoms with Crippen LogP contribution < -0.4 is 10.6 Å². The molecule has 0 radical (unpaired) electrons. The van der Waals surface area contributed by atoms with Gasteiger partial charge in [0, 0.05) is 18.2 Å². The maximum atomic E-state index is 13.0. The first kappa shape index (κ1) is 21.2. The van der Waals surface area contributed by atoms with Crippen molar-refractivity contribution in [1.82, 2.24) is 25.6 Å². The number of halogens is 1. The molecule has 3 rings (SSSR count). The molecule has 1 fully saturated rings. The summed E-state index contributed by atoms with van der Waals surface area (Å²) in [4.78, 5) is 11.9. The molecule has 8 nitrogen and oxygen atoms in total. The predicted molar refractivity (Wildman–Crippen MR) is 106 cm³/mol. The molecule has 1 aromatic heterocycles. The fourth-order valence-electron chi connectivity index (χ4n) is 3.42. The Morgan fingerprint density at radius 1 is 1.34 bits per heavy atom. The number of rotatable bonds is 7. The monoisotopic (exact) mass is 405 g/mol. The smallest absolute Gasteiger partial charge is 0.315 e. The third-order valence-electron chi connectivity index (χ3n) is 4.89. The van der Waals surface area contributed by atoms with Crippen molar-refractivity contribution < 1.29 is 19.0 Å². The zero-order valence-corrected chi connectivity index (χ0v) is 16.7. The Morgan fingerprint density at radius 3 is 2.79 bits per heavy atom. The number of nitrogens with zero attached hydrogens (tertiary/aromatic N) is 3. The lowest BCUT2D eigenvalue weighted by atomic mass is 9.97. The van der Waals surface area contributed by atoms with Crippen LogP contribution in [0.25, 0.3) is 11.3 Å². The van der Waals surface area contributed by atoms with Crippen molar-refractivity contribution in [1.29, 1.82) is 0 Å². The quantitative estimate of drug-likeness (QED) is 0.655. The highest BCUT2D eigenvalue weighted by molar-refractivity contribution is 5.74. The van der Waals surface area contributed by atoms with Gasteiger partial charge in [0.25, 0.3) is 0 Å². The van der Waals surface area contributed by atoms with Gasteiger partial charge in [-0.25, -0.2) is 9.18 Å². The topological polar surface area (TPSA) is 101 Å². The summed E-state index contributed by atoms with van der Waals surface area (Å²) in [5.41, 5.74) is 1.49. The van der Waals surface area contributed by atoms with E-state index in [2.05, 4.69) is 20.9 Å². The molecule has 2 amide bonds. The number of hydrogen-bond acceptors (Lipinski definition) is 5. The third-order valence-corrected chi connectivity index (χ3v) is 4.89. The van der Waals surface area contributed by atoms with E-state index in [4.69, 9.17) is 4.74 Å². The van der Waals surface area contributed by atoms with Gasteiger partial charge in [-0.05, 0) is 57.4 Å². The molecule has 0 unspecified atom stereocenters. The highest BCUT2D eigenvalue weighted by Gasteiger charge is 2.31. The van der Waals surface area contributed by atoms with Gasteiger partial charge in [-0.2, -0.15) is 0 Å². The van der Waals surface area contributed by atoms with Gasteiger partial charge in [-0.1, -0.05) is 5.21 Å².